The summed E-state index contributed by atoms with van der Waals surface area (Å²) in [7, 11) is 0. The largest absolute Gasteiger partial charge is 0.377 e. The Bertz CT molecular complexity index is 374. The van der Waals surface area contributed by atoms with Gasteiger partial charge in [0.25, 0.3) is 0 Å². The minimum atomic E-state index is 0.336. The van der Waals surface area contributed by atoms with Gasteiger partial charge in [0.1, 0.15) is 0 Å². The molecule has 0 spiro atoms. The van der Waals surface area contributed by atoms with Crippen molar-refractivity contribution in [1.82, 2.24) is 0 Å². The third-order valence-electron chi connectivity index (χ3n) is 4.22. The van der Waals surface area contributed by atoms with Crippen molar-refractivity contribution in [3.05, 3.63) is 35.9 Å². The van der Waals surface area contributed by atoms with Crippen LogP contribution in [0.25, 0.3) is 0 Å². The molecule has 2 heteroatoms. The van der Waals surface area contributed by atoms with E-state index in [9.17, 15) is 0 Å². The monoisotopic (exact) mass is 294 g/mol. The summed E-state index contributed by atoms with van der Waals surface area (Å²) in [6.45, 7) is 0.944. The van der Waals surface area contributed by atoms with Gasteiger partial charge in [0.15, 0.2) is 0 Å². The molecule has 1 aromatic carbocycles. The summed E-state index contributed by atoms with van der Waals surface area (Å²) < 4.78 is 6.03. The van der Waals surface area contributed by atoms with Crippen LogP contribution >= 0.6 is 15.9 Å². The molecule has 1 aromatic rings. The van der Waals surface area contributed by atoms with Gasteiger partial charge in [0, 0.05) is 17.4 Å². The Labute approximate surface area is 112 Å². The van der Waals surface area contributed by atoms with E-state index in [1.807, 2.05) is 0 Å². The highest BCUT2D eigenvalue weighted by molar-refractivity contribution is 9.09. The lowest BCUT2D eigenvalue weighted by atomic mass is 9.76. The third kappa shape index (κ3) is 2.30. The van der Waals surface area contributed by atoms with Crippen LogP contribution in [0, 0.1) is 11.3 Å². The normalized spacial score (nSPS) is 32.9. The molecule has 2 unspecified atom stereocenters. The standard InChI is InChI=1S/C15H19BrO/c16-11-15(10-12-4-2-1-3-5-12)8-9-17-14(15)13-6-7-13/h1-5,13-14H,6-11H2. The Morgan fingerprint density at radius 3 is 2.65 bits per heavy atom. The molecular formula is C15H19BrO. The molecule has 1 saturated heterocycles. The molecule has 1 aliphatic heterocycles. The summed E-state index contributed by atoms with van der Waals surface area (Å²) in [6.07, 6.45) is 5.58. The number of alkyl halides is 1. The van der Waals surface area contributed by atoms with E-state index >= 15 is 0 Å². The van der Waals surface area contributed by atoms with Crippen LogP contribution in [0.15, 0.2) is 30.3 Å². The average Bonchev–Trinajstić information content (AvgIpc) is 3.13. The van der Waals surface area contributed by atoms with Crippen LogP contribution in [0.4, 0.5) is 0 Å². The third-order valence-corrected chi connectivity index (χ3v) is 5.33. The molecule has 0 bridgehead atoms. The lowest BCUT2D eigenvalue weighted by molar-refractivity contribution is 0.0413. The SMILES string of the molecule is BrCC1(Cc2ccccc2)CCOC1C1CC1. The van der Waals surface area contributed by atoms with Crippen molar-refractivity contribution < 1.29 is 4.74 Å². The molecule has 92 valence electrons. The van der Waals surface area contributed by atoms with Gasteiger partial charge in [-0.25, -0.2) is 0 Å². The molecule has 17 heavy (non-hydrogen) atoms. The van der Waals surface area contributed by atoms with Gasteiger partial charge in [-0.1, -0.05) is 46.3 Å². The topological polar surface area (TPSA) is 9.23 Å². The van der Waals surface area contributed by atoms with Crippen LogP contribution in [0.5, 0.6) is 0 Å². The van der Waals surface area contributed by atoms with Crippen LogP contribution in [0.2, 0.25) is 0 Å². The second kappa shape index (κ2) is 4.74. The van der Waals surface area contributed by atoms with Crippen LogP contribution in [0.1, 0.15) is 24.8 Å². The zero-order valence-corrected chi connectivity index (χ0v) is 11.7. The second-order valence-corrected chi connectivity index (χ2v) is 6.10. The van der Waals surface area contributed by atoms with Gasteiger partial charge in [-0.2, -0.15) is 0 Å². The van der Waals surface area contributed by atoms with Gasteiger partial charge in [0.2, 0.25) is 0 Å². The van der Waals surface area contributed by atoms with Crippen LogP contribution in [0.3, 0.4) is 0 Å². The second-order valence-electron chi connectivity index (χ2n) is 5.54. The number of benzene rings is 1. The summed E-state index contributed by atoms with van der Waals surface area (Å²) in [6, 6.07) is 10.9. The van der Waals surface area contributed by atoms with E-state index in [4.69, 9.17) is 4.74 Å². The summed E-state index contributed by atoms with van der Waals surface area (Å²) in [5, 5.41) is 1.07. The molecule has 0 radical (unpaired) electrons. The highest BCUT2D eigenvalue weighted by Gasteiger charge is 2.50. The average molecular weight is 295 g/mol. The fourth-order valence-corrected chi connectivity index (χ4v) is 3.92. The van der Waals surface area contributed by atoms with Crippen molar-refractivity contribution in [1.29, 1.82) is 0 Å². The molecule has 0 N–H and O–H groups in total. The molecule has 2 aliphatic rings. The quantitative estimate of drug-likeness (QED) is 0.768. The van der Waals surface area contributed by atoms with Crippen molar-refractivity contribution in [3.63, 3.8) is 0 Å². The maximum absolute atomic E-state index is 6.03. The summed E-state index contributed by atoms with van der Waals surface area (Å²) in [4.78, 5) is 0. The predicted molar refractivity (Wildman–Crippen MR) is 73.5 cm³/mol. The smallest absolute Gasteiger partial charge is 0.0671 e. The van der Waals surface area contributed by atoms with Gasteiger partial charge in [0.05, 0.1) is 6.10 Å². The molecule has 1 aliphatic carbocycles. The van der Waals surface area contributed by atoms with Crippen molar-refractivity contribution >= 4 is 15.9 Å². The molecule has 0 amide bonds. The number of hydrogen-bond donors (Lipinski definition) is 0. The maximum Gasteiger partial charge on any atom is 0.0671 e. The van der Waals surface area contributed by atoms with E-state index in [1.54, 1.807) is 0 Å². The molecule has 3 rings (SSSR count). The summed E-state index contributed by atoms with van der Waals surface area (Å²) >= 11 is 3.75. The Morgan fingerprint density at radius 1 is 1.24 bits per heavy atom. The molecule has 1 saturated carbocycles. The summed E-state index contributed by atoms with van der Waals surface area (Å²) in [5.74, 6) is 0.832. The number of rotatable bonds is 4. The predicted octanol–water partition coefficient (Wildman–Crippen LogP) is 3.81. The van der Waals surface area contributed by atoms with Crippen molar-refractivity contribution in [3.8, 4) is 0 Å². The first-order chi connectivity index (χ1) is 8.34. The highest BCUT2D eigenvalue weighted by atomic mass is 79.9. The Balaban J connectivity index is 1.81. The zero-order chi connectivity index (χ0) is 11.7. The fourth-order valence-electron chi connectivity index (χ4n) is 3.12. The first kappa shape index (κ1) is 11.7. The minimum absolute atomic E-state index is 0.336. The Hall–Kier alpha value is -0.340. The zero-order valence-electron chi connectivity index (χ0n) is 10.1. The molecule has 0 aromatic heterocycles. The number of ether oxygens (including phenoxy) is 1. The first-order valence-electron chi connectivity index (χ1n) is 6.56. The van der Waals surface area contributed by atoms with E-state index in [2.05, 4.69) is 46.3 Å². The van der Waals surface area contributed by atoms with Crippen LogP contribution < -0.4 is 0 Å². The molecule has 2 atom stereocenters. The van der Waals surface area contributed by atoms with Crippen molar-refractivity contribution in [2.24, 2.45) is 11.3 Å². The van der Waals surface area contributed by atoms with E-state index < -0.39 is 0 Å². The van der Waals surface area contributed by atoms with Crippen LogP contribution in [-0.2, 0) is 11.2 Å². The van der Waals surface area contributed by atoms with E-state index in [-0.39, 0.29) is 0 Å². The van der Waals surface area contributed by atoms with Gasteiger partial charge in [-0.15, -0.1) is 0 Å². The van der Waals surface area contributed by atoms with Gasteiger partial charge in [-0.3, -0.25) is 0 Å². The Kier molecular flexibility index (Phi) is 3.27. The van der Waals surface area contributed by atoms with E-state index in [1.165, 1.54) is 24.8 Å². The van der Waals surface area contributed by atoms with Gasteiger partial charge < -0.3 is 4.74 Å². The lowest BCUT2D eigenvalue weighted by Crippen LogP contribution is -2.36. The molecular weight excluding hydrogens is 276 g/mol. The molecule has 1 heterocycles. The van der Waals surface area contributed by atoms with Crippen molar-refractivity contribution in [2.45, 2.75) is 31.8 Å². The minimum Gasteiger partial charge on any atom is -0.377 e. The summed E-state index contributed by atoms with van der Waals surface area (Å²) in [5.41, 5.74) is 1.78. The van der Waals surface area contributed by atoms with Gasteiger partial charge in [-0.05, 0) is 37.2 Å². The first-order valence-corrected chi connectivity index (χ1v) is 7.68. The van der Waals surface area contributed by atoms with Crippen LogP contribution in [-0.4, -0.2) is 18.0 Å². The van der Waals surface area contributed by atoms with Crippen molar-refractivity contribution in [2.75, 3.05) is 11.9 Å². The molecule has 1 nitrogen and oxygen atoms in total. The number of halogens is 1. The lowest BCUT2D eigenvalue weighted by Gasteiger charge is -2.32. The fraction of sp³-hybridized carbons (Fsp3) is 0.600. The van der Waals surface area contributed by atoms with E-state index in [0.717, 1.165) is 24.3 Å². The highest BCUT2D eigenvalue weighted by Crippen LogP contribution is 2.50. The Morgan fingerprint density at radius 2 is 2.00 bits per heavy atom. The number of hydrogen-bond acceptors (Lipinski definition) is 1. The van der Waals surface area contributed by atoms with E-state index in [0.29, 0.717) is 11.5 Å². The van der Waals surface area contributed by atoms with Gasteiger partial charge >= 0.3 is 0 Å². The maximum atomic E-state index is 6.03. The molecule has 2 fully saturated rings.